The second-order valence-corrected chi connectivity index (χ2v) is 6.73. The molecule has 3 aromatic heterocycles. The van der Waals surface area contributed by atoms with E-state index in [0.29, 0.717) is 17.5 Å². The smallest absolute Gasteiger partial charge is 0.237 e. The lowest BCUT2D eigenvalue weighted by Crippen LogP contribution is -1.98. The summed E-state index contributed by atoms with van der Waals surface area (Å²) >= 11 is 1.49. The minimum atomic E-state index is 0.521. The van der Waals surface area contributed by atoms with Crippen LogP contribution in [0.3, 0.4) is 0 Å². The summed E-state index contributed by atoms with van der Waals surface area (Å²) in [5.74, 6) is 2.52. The van der Waals surface area contributed by atoms with Gasteiger partial charge in [-0.2, -0.15) is 4.98 Å². The standard InChI is InChI=1S/C17H16N6OS/c1-10-5-4-6-13(7-10)16-19-15(24-22-16)9-25-17-21-20-14-8-11(2)18-12(3)23(14)17/h4-8H,9H2,1-3H3. The molecule has 0 bridgehead atoms. The van der Waals surface area contributed by atoms with E-state index in [2.05, 4.69) is 25.3 Å². The van der Waals surface area contributed by atoms with Crippen molar-refractivity contribution in [3.63, 3.8) is 0 Å². The molecule has 0 saturated heterocycles. The quantitative estimate of drug-likeness (QED) is 0.521. The van der Waals surface area contributed by atoms with Gasteiger partial charge in [-0.3, -0.25) is 4.40 Å². The highest BCUT2D eigenvalue weighted by molar-refractivity contribution is 7.98. The second-order valence-electron chi connectivity index (χ2n) is 5.79. The lowest BCUT2D eigenvalue weighted by molar-refractivity contribution is 0.391. The van der Waals surface area contributed by atoms with Crippen molar-refractivity contribution in [1.82, 2.24) is 29.7 Å². The molecule has 0 spiro atoms. The third-order valence-electron chi connectivity index (χ3n) is 3.73. The van der Waals surface area contributed by atoms with Gasteiger partial charge in [0.05, 0.1) is 5.75 Å². The van der Waals surface area contributed by atoms with Crippen molar-refractivity contribution in [2.45, 2.75) is 31.7 Å². The van der Waals surface area contributed by atoms with Gasteiger partial charge in [-0.1, -0.05) is 40.7 Å². The largest absolute Gasteiger partial charge is 0.338 e. The van der Waals surface area contributed by atoms with Gasteiger partial charge in [-0.15, -0.1) is 10.2 Å². The molecular formula is C17H16N6OS. The molecule has 0 atom stereocenters. The topological polar surface area (TPSA) is 82.0 Å². The van der Waals surface area contributed by atoms with Gasteiger partial charge in [0.25, 0.3) is 0 Å². The molecular weight excluding hydrogens is 336 g/mol. The Kier molecular flexibility index (Phi) is 3.96. The number of nitrogens with zero attached hydrogens (tertiary/aromatic N) is 6. The van der Waals surface area contributed by atoms with E-state index in [0.717, 1.165) is 33.4 Å². The third-order valence-corrected chi connectivity index (χ3v) is 4.64. The van der Waals surface area contributed by atoms with Crippen molar-refractivity contribution >= 4 is 17.4 Å². The van der Waals surface area contributed by atoms with Crippen molar-refractivity contribution in [1.29, 1.82) is 0 Å². The SMILES string of the molecule is Cc1cccc(-c2noc(CSc3nnc4cc(C)nc(C)n34)n2)c1. The zero-order chi connectivity index (χ0) is 17.4. The zero-order valence-corrected chi connectivity index (χ0v) is 14.9. The van der Waals surface area contributed by atoms with E-state index in [9.17, 15) is 0 Å². The van der Waals surface area contributed by atoms with Crippen LogP contribution in [0.5, 0.6) is 0 Å². The first-order valence-electron chi connectivity index (χ1n) is 7.82. The minimum Gasteiger partial charge on any atom is -0.338 e. The third kappa shape index (κ3) is 3.12. The minimum absolute atomic E-state index is 0.521. The summed E-state index contributed by atoms with van der Waals surface area (Å²) in [7, 11) is 0. The van der Waals surface area contributed by atoms with Crippen LogP contribution >= 0.6 is 11.8 Å². The summed E-state index contributed by atoms with van der Waals surface area (Å²) in [6.45, 7) is 5.92. The van der Waals surface area contributed by atoms with E-state index >= 15 is 0 Å². The number of fused-ring (bicyclic) bond motifs is 1. The molecule has 0 aliphatic heterocycles. The average molecular weight is 352 g/mol. The van der Waals surface area contributed by atoms with Gasteiger partial charge >= 0.3 is 0 Å². The summed E-state index contributed by atoms with van der Waals surface area (Å²) in [5.41, 5.74) is 3.82. The van der Waals surface area contributed by atoms with E-state index in [1.807, 2.05) is 55.5 Å². The Morgan fingerprint density at radius 2 is 1.96 bits per heavy atom. The lowest BCUT2D eigenvalue weighted by atomic mass is 10.1. The molecule has 0 radical (unpaired) electrons. The molecule has 126 valence electrons. The maximum Gasteiger partial charge on any atom is 0.237 e. The number of hydrogen-bond donors (Lipinski definition) is 0. The van der Waals surface area contributed by atoms with Gasteiger partial charge in [0.1, 0.15) is 5.82 Å². The van der Waals surface area contributed by atoms with Crippen LogP contribution in [0.1, 0.15) is 23.0 Å². The molecule has 7 nitrogen and oxygen atoms in total. The number of rotatable bonds is 4. The fourth-order valence-corrected chi connectivity index (χ4v) is 3.46. The molecule has 4 aromatic rings. The molecule has 0 unspecified atom stereocenters. The maximum absolute atomic E-state index is 5.36. The van der Waals surface area contributed by atoms with E-state index in [1.165, 1.54) is 11.8 Å². The van der Waals surface area contributed by atoms with Crippen LogP contribution in [0.15, 0.2) is 40.0 Å². The Labute approximate surface area is 148 Å². The molecule has 0 N–H and O–H groups in total. The first-order valence-corrected chi connectivity index (χ1v) is 8.80. The van der Waals surface area contributed by atoms with Gasteiger partial charge in [-0.25, -0.2) is 4.98 Å². The number of aromatic nitrogens is 6. The number of aryl methyl sites for hydroxylation is 3. The van der Waals surface area contributed by atoms with E-state index in [-0.39, 0.29) is 0 Å². The molecule has 0 aliphatic carbocycles. The molecule has 4 rings (SSSR count). The Morgan fingerprint density at radius 3 is 2.80 bits per heavy atom. The Balaban J connectivity index is 1.55. The molecule has 0 aliphatic rings. The first kappa shape index (κ1) is 15.8. The van der Waals surface area contributed by atoms with Crippen LogP contribution < -0.4 is 0 Å². The van der Waals surface area contributed by atoms with Gasteiger partial charge in [0.2, 0.25) is 11.7 Å². The van der Waals surface area contributed by atoms with Crippen molar-refractivity contribution in [2.24, 2.45) is 0 Å². The van der Waals surface area contributed by atoms with E-state index in [4.69, 9.17) is 4.52 Å². The fourth-order valence-electron chi connectivity index (χ4n) is 2.64. The van der Waals surface area contributed by atoms with Crippen molar-refractivity contribution in [3.05, 3.63) is 53.3 Å². The number of thioether (sulfide) groups is 1. The normalized spacial score (nSPS) is 11.3. The summed E-state index contributed by atoms with van der Waals surface area (Å²) < 4.78 is 7.29. The molecule has 25 heavy (non-hydrogen) atoms. The van der Waals surface area contributed by atoms with Crippen LogP contribution in [0.2, 0.25) is 0 Å². The van der Waals surface area contributed by atoms with Gasteiger partial charge < -0.3 is 4.52 Å². The van der Waals surface area contributed by atoms with Crippen LogP contribution in [0.25, 0.3) is 17.0 Å². The second kappa shape index (κ2) is 6.29. The zero-order valence-electron chi connectivity index (χ0n) is 14.1. The molecule has 0 fully saturated rings. The van der Waals surface area contributed by atoms with E-state index < -0.39 is 0 Å². The van der Waals surface area contributed by atoms with Crippen LogP contribution in [0, 0.1) is 20.8 Å². The average Bonchev–Trinajstić information content (AvgIpc) is 3.19. The van der Waals surface area contributed by atoms with Crippen molar-refractivity contribution < 1.29 is 4.52 Å². The predicted molar refractivity (Wildman–Crippen MR) is 94.3 cm³/mol. The Hall–Kier alpha value is -2.74. The molecule has 3 heterocycles. The number of benzene rings is 1. The highest BCUT2D eigenvalue weighted by atomic mass is 32.2. The summed E-state index contributed by atoms with van der Waals surface area (Å²) in [4.78, 5) is 8.93. The first-order chi connectivity index (χ1) is 12.1. The molecule has 1 aromatic carbocycles. The predicted octanol–water partition coefficient (Wildman–Crippen LogP) is 3.39. The van der Waals surface area contributed by atoms with Crippen molar-refractivity contribution in [3.8, 4) is 11.4 Å². The Bertz CT molecular complexity index is 1050. The van der Waals surface area contributed by atoms with Crippen LogP contribution in [-0.2, 0) is 5.75 Å². The molecule has 8 heteroatoms. The monoisotopic (exact) mass is 352 g/mol. The van der Waals surface area contributed by atoms with Crippen LogP contribution in [-0.4, -0.2) is 29.7 Å². The number of hydrogen-bond acceptors (Lipinski definition) is 7. The lowest BCUT2D eigenvalue weighted by Gasteiger charge is -2.02. The maximum atomic E-state index is 5.36. The summed E-state index contributed by atoms with van der Waals surface area (Å²) in [5, 5.41) is 13.3. The highest BCUT2D eigenvalue weighted by Crippen LogP contribution is 2.24. The van der Waals surface area contributed by atoms with Gasteiger partial charge in [0, 0.05) is 17.3 Å². The van der Waals surface area contributed by atoms with Gasteiger partial charge in [0.15, 0.2) is 10.8 Å². The summed E-state index contributed by atoms with van der Waals surface area (Å²) in [6, 6.07) is 9.93. The van der Waals surface area contributed by atoms with Crippen LogP contribution in [0.4, 0.5) is 0 Å². The van der Waals surface area contributed by atoms with Crippen molar-refractivity contribution in [2.75, 3.05) is 0 Å². The molecule has 0 amide bonds. The summed E-state index contributed by atoms with van der Waals surface area (Å²) in [6.07, 6.45) is 0. The van der Waals surface area contributed by atoms with E-state index in [1.54, 1.807) is 0 Å². The molecule has 0 saturated carbocycles. The Morgan fingerprint density at radius 1 is 1.08 bits per heavy atom. The van der Waals surface area contributed by atoms with Gasteiger partial charge in [-0.05, 0) is 26.8 Å². The fraction of sp³-hybridized carbons (Fsp3) is 0.235. The highest BCUT2D eigenvalue weighted by Gasteiger charge is 2.13.